The fourth-order valence-corrected chi connectivity index (χ4v) is 5.59. The van der Waals surface area contributed by atoms with Crippen LogP contribution in [0.25, 0.3) is 0 Å². The van der Waals surface area contributed by atoms with E-state index in [1.165, 1.54) is 4.90 Å². The van der Waals surface area contributed by atoms with Crippen LogP contribution in [0.1, 0.15) is 30.9 Å². The number of benzene rings is 2. The van der Waals surface area contributed by atoms with Gasteiger partial charge in [-0.2, -0.15) is 0 Å². The lowest BCUT2D eigenvalue weighted by atomic mass is 9.76. The fourth-order valence-electron chi connectivity index (χ4n) is 5.41. The summed E-state index contributed by atoms with van der Waals surface area (Å²) in [6.45, 7) is 2.41. The van der Waals surface area contributed by atoms with Gasteiger partial charge >= 0.3 is 0 Å². The first kappa shape index (κ1) is 20.2. The van der Waals surface area contributed by atoms with E-state index in [1.54, 1.807) is 18.2 Å². The molecule has 6 nitrogen and oxygen atoms in total. The smallest absolute Gasteiger partial charge is 0.250 e. The number of carbonyl (C=O) groups excluding carboxylic acids is 3. The zero-order chi connectivity index (χ0) is 21.8. The van der Waals surface area contributed by atoms with Crippen LogP contribution in [0.3, 0.4) is 0 Å². The van der Waals surface area contributed by atoms with Gasteiger partial charge in [0.25, 0.3) is 0 Å². The molecule has 0 saturated carbocycles. The Labute approximate surface area is 185 Å². The van der Waals surface area contributed by atoms with Crippen molar-refractivity contribution >= 4 is 35.0 Å². The molecule has 160 valence electrons. The van der Waals surface area contributed by atoms with Crippen molar-refractivity contribution < 1.29 is 14.4 Å². The van der Waals surface area contributed by atoms with E-state index in [4.69, 9.17) is 11.6 Å². The largest absolute Gasteiger partial charge is 0.324 e. The number of fused-ring (bicyclic) bond motifs is 4. The molecular weight excluding hydrogens is 414 g/mol. The van der Waals surface area contributed by atoms with Crippen LogP contribution in [-0.4, -0.2) is 35.2 Å². The topological polar surface area (TPSA) is 78.5 Å². The van der Waals surface area contributed by atoms with Crippen molar-refractivity contribution in [2.75, 3.05) is 11.9 Å². The van der Waals surface area contributed by atoms with Gasteiger partial charge in [0, 0.05) is 28.9 Å². The zero-order valence-electron chi connectivity index (χ0n) is 17.2. The summed E-state index contributed by atoms with van der Waals surface area (Å²) >= 11 is 6.27. The molecule has 0 radical (unpaired) electrons. The maximum absolute atomic E-state index is 13.6. The summed E-state index contributed by atoms with van der Waals surface area (Å²) in [6, 6.07) is 14.7. The minimum atomic E-state index is -1.29. The molecule has 3 heterocycles. The molecule has 0 aromatic heterocycles. The molecule has 3 aliphatic heterocycles. The van der Waals surface area contributed by atoms with Crippen LogP contribution in [0, 0.1) is 11.8 Å². The highest BCUT2D eigenvalue weighted by Gasteiger charge is 2.70. The second-order valence-electron chi connectivity index (χ2n) is 8.58. The van der Waals surface area contributed by atoms with Gasteiger partial charge in [0.05, 0.1) is 11.8 Å². The highest BCUT2D eigenvalue weighted by molar-refractivity contribution is 6.31. The quantitative estimate of drug-likeness (QED) is 0.704. The lowest BCUT2D eigenvalue weighted by molar-refractivity contribution is -0.142. The predicted molar refractivity (Wildman–Crippen MR) is 117 cm³/mol. The Morgan fingerprint density at radius 2 is 1.84 bits per heavy atom. The monoisotopic (exact) mass is 437 g/mol. The van der Waals surface area contributed by atoms with Crippen LogP contribution < -0.4 is 10.6 Å². The van der Waals surface area contributed by atoms with E-state index in [1.807, 2.05) is 37.3 Å². The Kier molecular flexibility index (Phi) is 4.87. The van der Waals surface area contributed by atoms with E-state index >= 15 is 0 Å². The number of hydrogen-bond donors (Lipinski definition) is 2. The third kappa shape index (κ3) is 2.92. The molecular formula is C24H24ClN3O3. The van der Waals surface area contributed by atoms with Crippen molar-refractivity contribution in [1.82, 2.24) is 10.2 Å². The maximum atomic E-state index is 13.6. The van der Waals surface area contributed by atoms with Gasteiger partial charge in [0.2, 0.25) is 17.7 Å². The van der Waals surface area contributed by atoms with Gasteiger partial charge in [0.1, 0.15) is 5.54 Å². The average Bonchev–Trinajstić information content (AvgIpc) is 3.33. The number of halogens is 1. The minimum absolute atomic E-state index is 0.183. The number of amides is 3. The van der Waals surface area contributed by atoms with Gasteiger partial charge in [-0.15, -0.1) is 0 Å². The van der Waals surface area contributed by atoms with E-state index in [0.717, 1.165) is 18.4 Å². The first-order chi connectivity index (χ1) is 15.0. The molecule has 2 aromatic rings. The summed E-state index contributed by atoms with van der Waals surface area (Å²) in [4.78, 5) is 41.7. The summed E-state index contributed by atoms with van der Waals surface area (Å²) in [5.41, 5.74) is 1.04. The highest BCUT2D eigenvalue weighted by atomic mass is 35.5. The molecule has 0 bridgehead atoms. The average molecular weight is 438 g/mol. The third-order valence-corrected chi connectivity index (χ3v) is 7.04. The summed E-state index contributed by atoms with van der Waals surface area (Å²) < 4.78 is 0. The summed E-state index contributed by atoms with van der Waals surface area (Å²) in [5.74, 6) is -2.13. The van der Waals surface area contributed by atoms with Gasteiger partial charge in [0.15, 0.2) is 0 Å². The molecule has 0 aliphatic carbocycles. The van der Waals surface area contributed by atoms with Crippen LogP contribution >= 0.6 is 11.6 Å². The fraction of sp³-hybridized carbons (Fsp3) is 0.375. The number of nitrogens with one attached hydrogen (secondary N) is 2. The zero-order valence-corrected chi connectivity index (χ0v) is 18.0. The SMILES string of the molecule is CCCCN1C(=O)[C@H]2[C@@H](C1=O)[C@]1(N[C@@H]2Cc2ccccc2)C(=O)Nc2ccc(Cl)cc21. The molecule has 1 spiro atoms. The molecule has 2 aromatic carbocycles. The molecule has 2 N–H and O–H groups in total. The van der Waals surface area contributed by atoms with Gasteiger partial charge in [-0.3, -0.25) is 24.6 Å². The molecule has 2 fully saturated rings. The molecule has 5 rings (SSSR count). The van der Waals surface area contributed by atoms with Crippen molar-refractivity contribution in [2.24, 2.45) is 11.8 Å². The molecule has 3 amide bonds. The summed E-state index contributed by atoms with van der Waals surface area (Å²) in [5, 5.41) is 6.84. The van der Waals surface area contributed by atoms with E-state index in [2.05, 4.69) is 10.6 Å². The van der Waals surface area contributed by atoms with E-state index in [0.29, 0.717) is 29.2 Å². The second-order valence-corrected chi connectivity index (χ2v) is 9.01. The van der Waals surface area contributed by atoms with Gasteiger partial charge in [-0.25, -0.2) is 0 Å². The van der Waals surface area contributed by atoms with Crippen LogP contribution in [-0.2, 0) is 26.3 Å². The number of anilines is 1. The number of imide groups is 1. The van der Waals surface area contributed by atoms with Crippen LogP contribution in [0.15, 0.2) is 48.5 Å². The van der Waals surface area contributed by atoms with Crippen molar-refractivity contribution in [2.45, 2.75) is 37.8 Å². The normalized spacial score (nSPS) is 28.9. The second kappa shape index (κ2) is 7.46. The molecule has 2 saturated heterocycles. The summed E-state index contributed by atoms with van der Waals surface area (Å²) in [6.07, 6.45) is 2.17. The Morgan fingerprint density at radius 1 is 1.06 bits per heavy atom. The first-order valence-electron chi connectivity index (χ1n) is 10.8. The van der Waals surface area contributed by atoms with Crippen molar-refractivity contribution in [3.05, 3.63) is 64.7 Å². The Hall–Kier alpha value is -2.70. The first-order valence-corrected chi connectivity index (χ1v) is 11.1. The standard InChI is InChI=1S/C24H24ClN3O3/c1-2-3-11-28-21(29)19-18(12-14-7-5-4-6-8-14)27-24(20(19)22(28)30)16-13-15(25)9-10-17(16)26-23(24)31/h4-10,13,18-20,27H,2-3,11-12H2,1H3,(H,26,31)/t18-,19-,20+,24+/m1/s1. The molecule has 3 aliphatic rings. The number of hydrogen-bond acceptors (Lipinski definition) is 4. The number of unbranched alkanes of at least 4 members (excludes halogenated alkanes) is 1. The van der Waals surface area contributed by atoms with Crippen molar-refractivity contribution in [3.63, 3.8) is 0 Å². The van der Waals surface area contributed by atoms with E-state index in [-0.39, 0.29) is 23.8 Å². The molecule has 31 heavy (non-hydrogen) atoms. The number of likely N-dealkylation sites (tertiary alicyclic amines) is 1. The third-order valence-electron chi connectivity index (χ3n) is 6.80. The maximum Gasteiger partial charge on any atom is 0.250 e. The summed E-state index contributed by atoms with van der Waals surface area (Å²) in [7, 11) is 0. The van der Waals surface area contributed by atoms with Gasteiger partial charge < -0.3 is 5.32 Å². The van der Waals surface area contributed by atoms with Gasteiger partial charge in [-0.05, 0) is 36.6 Å². The molecule has 4 atom stereocenters. The predicted octanol–water partition coefficient (Wildman–Crippen LogP) is 3.10. The number of nitrogens with zero attached hydrogens (tertiary/aromatic N) is 1. The Bertz CT molecular complexity index is 1070. The van der Waals surface area contributed by atoms with Gasteiger partial charge in [-0.1, -0.05) is 55.3 Å². The molecule has 0 unspecified atom stereocenters. The van der Waals surface area contributed by atoms with Crippen LogP contribution in [0.2, 0.25) is 5.02 Å². The lowest BCUT2D eigenvalue weighted by Crippen LogP contribution is -2.53. The van der Waals surface area contributed by atoms with Crippen molar-refractivity contribution in [1.29, 1.82) is 0 Å². The number of rotatable bonds is 5. The van der Waals surface area contributed by atoms with Crippen molar-refractivity contribution in [3.8, 4) is 0 Å². The Balaban J connectivity index is 1.62. The van der Waals surface area contributed by atoms with Crippen LogP contribution in [0.5, 0.6) is 0 Å². The van der Waals surface area contributed by atoms with E-state index in [9.17, 15) is 14.4 Å². The molecule has 7 heteroatoms. The number of carbonyl (C=O) groups is 3. The Morgan fingerprint density at radius 3 is 2.58 bits per heavy atom. The van der Waals surface area contributed by atoms with E-state index < -0.39 is 17.4 Å². The minimum Gasteiger partial charge on any atom is -0.324 e. The van der Waals surface area contributed by atoms with Crippen LogP contribution in [0.4, 0.5) is 5.69 Å². The highest BCUT2D eigenvalue weighted by Crippen LogP contribution is 2.53. The lowest BCUT2D eigenvalue weighted by Gasteiger charge is -2.29.